The molecule has 18 heavy (non-hydrogen) atoms. The molecule has 0 radical (unpaired) electrons. The fourth-order valence-corrected chi connectivity index (χ4v) is 1.89. The van der Waals surface area contributed by atoms with Crippen LogP contribution in [-0.4, -0.2) is 31.6 Å². The molecule has 0 fully saturated rings. The molecule has 0 saturated carbocycles. The van der Waals surface area contributed by atoms with E-state index in [4.69, 9.17) is 0 Å². The Morgan fingerprint density at radius 2 is 2.00 bits per heavy atom. The Kier molecular flexibility index (Phi) is 5.18. The Labute approximate surface area is 110 Å². The van der Waals surface area contributed by atoms with Crippen molar-refractivity contribution in [1.29, 1.82) is 5.26 Å². The molecule has 0 bridgehead atoms. The van der Waals surface area contributed by atoms with Crippen LogP contribution in [0.5, 0.6) is 0 Å². The van der Waals surface area contributed by atoms with Crippen molar-refractivity contribution in [2.24, 2.45) is 5.92 Å². The average Bonchev–Trinajstić information content (AvgIpc) is 2.29. The van der Waals surface area contributed by atoms with Gasteiger partial charge < -0.3 is 10.2 Å². The molecule has 0 aromatic heterocycles. The van der Waals surface area contributed by atoms with Gasteiger partial charge in [-0.2, -0.15) is 5.26 Å². The molecule has 0 heterocycles. The third-order valence-electron chi connectivity index (χ3n) is 3.00. The summed E-state index contributed by atoms with van der Waals surface area (Å²) in [6.45, 7) is 7.35. The number of nitrogens with one attached hydrogen (secondary N) is 1. The number of anilines is 1. The fraction of sp³-hybridized carbons (Fsp3) is 0.533. The summed E-state index contributed by atoms with van der Waals surface area (Å²) in [7, 11) is 4.13. The zero-order chi connectivity index (χ0) is 13.7. The number of nitriles is 1. The minimum absolute atomic E-state index is 0.342. The topological polar surface area (TPSA) is 39.1 Å². The third kappa shape index (κ3) is 4.05. The molecule has 1 aromatic rings. The second kappa shape index (κ2) is 6.42. The monoisotopic (exact) mass is 245 g/mol. The van der Waals surface area contributed by atoms with Gasteiger partial charge in [-0.15, -0.1) is 0 Å². The number of likely N-dealkylation sites (N-methyl/N-ethyl adjacent to an activating group) is 1. The van der Waals surface area contributed by atoms with Crippen molar-refractivity contribution in [1.82, 2.24) is 4.90 Å². The number of nitrogens with zero attached hydrogens (tertiary/aromatic N) is 2. The van der Waals surface area contributed by atoms with Crippen molar-refractivity contribution in [3.63, 3.8) is 0 Å². The third-order valence-corrected chi connectivity index (χ3v) is 3.00. The zero-order valence-electron chi connectivity index (χ0n) is 12.0. The predicted octanol–water partition coefficient (Wildman–Crippen LogP) is 2.86. The Balaban J connectivity index is 2.90. The number of aryl methyl sites for hydroxylation is 1. The highest BCUT2D eigenvalue weighted by molar-refractivity contribution is 5.59. The van der Waals surface area contributed by atoms with Crippen LogP contribution >= 0.6 is 0 Å². The molecule has 3 heteroatoms. The van der Waals surface area contributed by atoms with Gasteiger partial charge in [0.2, 0.25) is 0 Å². The molecule has 1 aromatic carbocycles. The molecule has 1 unspecified atom stereocenters. The van der Waals surface area contributed by atoms with Crippen LogP contribution in [-0.2, 0) is 0 Å². The quantitative estimate of drug-likeness (QED) is 0.867. The van der Waals surface area contributed by atoms with Gasteiger partial charge in [0, 0.05) is 12.6 Å². The van der Waals surface area contributed by atoms with E-state index in [-0.39, 0.29) is 0 Å². The predicted molar refractivity (Wildman–Crippen MR) is 76.7 cm³/mol. The molecule has 1 atom stereocenters. The number of hydrogen-bond donors (Lipinski definition) is 1. The summed E-state index contributed by atoms with van der Waals surface area (Å²) < 4.78 is 0. The Morgan fingerprint density at radius 1 is 1.33 bits per heavy atom. The van der Waals surface area contributed by atoms with E-state index in [1.807, 2.05) is 25.1 Å². The maximum atomic E-state index is 9.18. The van der Waals surface area contributed by atoms with E-state index in [1.54, 1.807) is 0 Å². The first-order chi connectivity index (χ1) is 8.43. The number of rotatable bonds is 5. The normalized spacial score (nSPS) is 12.6. The summed E-state index contributed by atoms with van der Waals surface area (Å²) in [5.74, 6) is 0.514. The fourth-order valence-electron chi connectivity index (χ4n) is 1.89. The lowest BCUT2D eigenvalue weighted by Gasteiger charge is -2.27. The molecule has 98 valence electrons. The second-order valence-electron chi connectivity index (χ2n) is 5.42. The first-order valence-electron chi connectivity index (χ1n) is 6.36. The highest BCUT2D eigenvalue weighted by Gasteiger charge is 2.15. The van der Waals surface area contributed by atoms with Gasteiger partial charge in [0.1, 0.15) is 6.07 Å². The molecular formula is C15H23N3. The van der Waals surface area contributed by atoms with Gasteiger partial charge in [-0.25, -0.2) is 0 Å². The van der Waals surface area contributed by atoms with E-state index in [0.29, 0.717) is 12.0 Å². The van der Waals surface area contributed by atoms with E-state index in [2.05, 4.69) is 44.2 Å². The second-order valence-corrected chi connectivity index (χ2v) is 5.42. The molecule has 0 amide bonds. The first-order valence-corrected chi connectivity index (χ1v) is 6.36. The van der Waals surface area contributed by atoms with Crippen molar-refractivity contribution >= 4 is 5.69 Å². The van der Waals surface area contributed by atoms with Crippen molar-refractivity contribution in [2.45, 2.75) is 26.8 Å². The van der Waals surface area contributed by atoms with Crippen molar-refractivity contribution < 1.29 is 0 Å². The highest BCUT2D eigenvalue weighted by Crippen LogP contribution is 2.19. The van der Waals surface area contributed by atoms with E-state index >= 15 is 0 Å². The van der Waals surface area contributed by atoms with Crippen LogP contribution in [0.25, 0.3) is 0 Å². The van der Waals surface area contributed by atoms with Crippen molar-refractivity contribution in [2.75, 3.05) is 26.0 Å². The zero-order valence-corrected chi connectivity index (χ0v) is 12.0. The van der Waals surface area contributed by atoms with E-state index in [0.717, 1.165) is 23.4 Å². The largest absolute Gasteiger partial charge is 0.380 e. The maximum absolute atomic E-state index is 9.18. The first kappa shape index (κ1) is 14.5. The van der Waals surface area contributed by atoms with Crippen molar-refractivity contribution in [3.8, 4) is 6.07 Å². The van der Waals surface area contributed by atoms with E-state index < -0.39 is 0 Å². The van der Waals surface area contributed by atoms with Crippen LogP contribution in [0.2, 0.25) is 0 Å². The van der Waals surface area contributed by atoms with Crippen LogP contribution in [0.1, 0.15) is 25.0 Å². The highest BCUT2D eigenvalue weighted by atomic mass is 15.1. The van der Waals surface area contributed by atoms with Crippen LogP contribution in [0.3, 0.4) is 0 Å². The summed E-state index contributed by atoms with van der Waals surface area (Å²) in [6, 6.07) is 8.56. The summed E-state index contributed by atoms with van der Waals surface area (Å²) >= 11 is 0. The van der Waals surface area contributed by atoms with Gasteiger partial charge in [-0.3, -0.25) is 0 Å². The molecule has 0 aliphatic carbocycles. The minimum atomic E-state index is 0.342. The lowest BCUT2D eigenvalue weighted by molar-refractivity contribution is 0.344. The number of hydrogen-bond acceptors (Lipinski definition) is 3. The maximum Gasteiger partial charge on any atom is 0.101 e. The van der Waals surface area contributed by atoms with Crippen LogP contribution in [0.15, 0.2) is 18.2 Å². The smallest absolute Gasteiger partial charge is 0.101 e. The van der Waals surface area contributed by atoms with Crippen molar-refractivity contribution in [3.05, 3.63) is 29.3 Å². The van der Waals surface area contributed by atoms with E-state index in [1.165, 1.54) is 0 Å². The molecule has 1 rings (SSSR count). The summed E-state index contributed by atoms with van der Waals surface area (Å²) in [4.78, 5) is 2.16. The molecule has 0 aliphatic heterocycles. The molecule has 1 N–H and O–H groups in total. The molecule has 0 saturated heterocycles. The SMILES string of the molecule is Cc1ccc(NC(CN(C)C)C(C)C)c(C#N)c1. The Morgan fingerprint density at radius 3 is 2.50 bits per heavy atom. The van der Waals surface area contributed by atoms with Gasteiger partial charge >= 0.3 is 0 Å². The lowest BCUT2D eigenvalue weighted by Crippen LogP contribution is -2.36. The molecular weight excluding hydrogens is 222 g/mol. The van der Waals surface area contributed by atoms with Gasteiger partial charge in [0.15, 0.2) is 0 Å². The average molecular weight is 245 g/mol. The lowest BCUT2D eigenvalue weighted by atomic mass is 10.0. The molecule has 0 spiro atoms. The molecule has 0 aliphatic rings. The summed E-state index contributed by atoms with van der Waals surface area (Å²) in [5.41, 5.74) is 2.77. The van der Waals surface area contributed by atoms with Crippen LogP contribution in [0, 0.1) is 24.2 Å². The van der Waals surface area contributed by atoms with Gasteiger partial charge in [-0.05, 0) is 44.6 Å². The Hall–Kier alpha value is -1.53. The van der Waals surface area contributed by atoms with Gasteiger partial charge in [0.05, 0.1) is 11.3 Å². The summed E-state index contributed by atoms with van der Waals surface area (Å²) in [5, 5.41) is 12.7. The van der Waals surface area contributed by atoms with Crippen LogP contribution in [0.4, 0.5) is 5.69 Å². The Bertz CT molecular complexity index is 430. The molecule has 3 nitrogen and oxygen atoms in total. The minimum Gasteiger partial charge on any atom is -0.380 e. The van der Waals surface area contributed by atoms with Gasteiger partial charge in [0.25, 0.3) is 0 Å². The summed E-state index contributed by atoms with van der Waals surface area (Å²) in [6.07, 6.45) is 0. The van der Waals surface area contributed by atoms with Crippen LogP contribution < -0.4 is 5.32 Å². The number of benzene rings is 1. The standard InChI is InChI=1S/C15H23N3/c1-11(2)15(10-18(4)5)17-14-7-6-12(3)8-13(14)9-16/h6-8,11,15,17H,10H2,1-5H3. The van der Waals surface area contributed by atoms with E-state index in [9.17, 15) is 5.26 Å². The van der Waals surface area contributed by atoms with Gasteiger partial charge in [-0.1, -0.05) is 19.9 Å².